The maximum atomic E-state index is 12.2. The van der Waals surface area contributed by atoms with Gasteiger partial charge in [0, 0.05) is 11.4 Å². The molecule has 1 aliphatic rings. The molecule has 1 N–H and O–H groups in total. The summed E-state index contributed by atoms with van der Waals surface area (Å²) in [5.41, 5.74) is 4.97. The minimum Gasteiger partial charge on any atom is -0.349 e. The quantitative estimate of drug-likeness (QED) is 0.202. The lowest BCUT2D eigenvalue weighted by molar-refractivity contribution is 0.0955. The zero-order valence-electron chi connectivity index (χ0n) is 22.6. The Hall–Kier alpha value is -1.78. The van der Waals surface area contributed by atoms with E-state index in [0.29, 0.717) is 17.0 Å². The third-order valence-corrected chi connectivity index (χ3v) is 7.65. The van der Waals surface area contributed by atoms with Crippen molar-refractivity contribution in [3.8, 4) is 0 Å². The number of piperidine rings is 1. The number of nitrogens with one attached hydrogen (secondary N) is 1. The van der Waals surface area contributed by atoms with E-state index < -0.39 is 0 Å². The van der Waals surface area contributed by atoms with Crippen LogP contribution in [0.25, 0.3) is 0 Å². The van der Waals surface area contributed by atoms with Crippen LogP contribution >= 0.6 is 12.6 Å². The van der Waals surface area contributed by atoms with E-state index in [-0.39, 0.29) is 5.91 Å². The maximum Gasteiger partial charge on any atom is 0.252 e. The van der Waals surface area contributed by atoms with Crippen molar-refractivity contribution < 1.29 is 4.79 Å². The summed E-state index contributed by atoms with van der Waals surface area (Å²) in [4.78, 5) is 15.5. The fourth-order valence-corrected chi connectivity index (χ4v) is 5.00. The van der Waals surface area contributed by atoms with Crippen molar-refractivity contribution in [3.05, 3.63) is 64.8 Å². The summed E-state index contributed by atoms with van der Waals surface area (Å²) in [6, 6.07) is 7.38. The lowest BCUT2D eigenvalue weighted by Crippen LogP contribution is -2.33. The van der Waals surface area contributed by atoms with Crippen LogP contribution in [0.4, 0.5) is 0 Å². The topological polar surface area (TPSA) is 32.3 Å². The van der Waals surface area contributed by atoms with Crippen molar-refractivity contribution in [2.45, 2.75) is 90.4 Å². The molecular weight excluding hydrogens is 448 g/mol. The smallest absolute Gasteiger partial charge is 0.252 e. The number of carbonyl (C=O) groups is 1. The van der Waals surface area contributed by atoms with Crippen molar-refractivity contribution in [2.75, 3.05) is 26.2 Å². The van der Waals surface area contributed by atoms with E-state index in [9.17, 15) is 4.79 Å². The summed E-state index contributed by atoms with van der Waals surface area (Å²) >= 11 is 4.35. The van der Waals surface area contributed by atoms with Gasteiger partial charge in [0.1, 0.15) is 0 Å². The molecule has 194 valence electrons. The van der Waals surface area contributed by atoms with Crippen LogP contribution in [0, 0.1) is 5.92 Å². The monoisotopic (exact) mass is 496 g/mol. The first-order valence-corrected chi connectivity index (χ1v) is 14.1. The molecule has 1 fully saturated rings. The molecule has 1 aromatic carbocycles. The molecule has 0 radical (unpaired) electrons. The van der Waals surface area contributed by atoms with Gasteiger partial charge in [-0.05, 0) is 110 Å². The normalized spacial score (nSPS) is 16.5. The predicted octanol–water partition coefficient (Wildman–Crippen LogP) is 8.01. The minimum absolute atomic E-state index is 0.0731. The maximum absolute atomic E-state index is 12.2. The van der Waals surface area contributed by atoms with Gasteiger partial charge in [-0.1, -0.05) is 60.4 Å². The molecule has 0 bridgehead atoms. The summed E-state index contributed by atoms with van der Waals surface area (Å²) in [6.07, 6.45) is 18.1. The number of allylic oxidation sites excluding steroid dienone is 5. The van der Waals surface area contributed by atoms with Crippen LogP contribution in [-0.4, -0.2) is 37.0 Å². The Balaban J connectivity index is 1.57. The molecule has 0 atom stereocenters. The van der Waals surface area contributed by atoms with Crippen molar-refractivity contribution >= 4 is 18.5 Å². The van der Waals surface area contributed by atoms with Gasteiger partial charge in [-0.15, -0.1) is 12.6 Å². The first-order valence-electron chi connectivity index (χ1n) is 13.6. The molecule has 1 aliphatic heterocycles. The van der Waals surface area contributed by atoms with Crippen LogP contribution in [0.5, 0.6) is 0 Å². The molecular formula is C31H48N2OS. The zero-order chi connectivity index (χ0) is 25.5. The summed E-state index contributed by atoms with van der Waals surface area (Å²) in [7, 11) is 0. The van der Waals surface area contributed by atoms with Gasteiger partial charge in [0.05, 0.1) is 5.56 Å². The second kappa shape index (κ2) is 16.8. The van der Waals surface area contributed by atoms with Crippen LogP contribution in [0.3, 0.4) is 0 Å². The van der Waals surface area contributed by atoms with Crippen LogP contribution in [0.2, 0.25) is 0 Å². The van der Waals surface area contributed by atoms with Gasteiger partial charge in [-0.25, -0.2) is 0 Å². The van der Waals surface area contributed by atoms with Crippen molar-refractivity contribution in [1.82, 2.24) is 10.2 Å². The lowest BCUT2D eigenvalue weighted by atomic mass is 9.91. The fourth-order valence-electron chi connectivity index (χ4n) is 4.74. The highest BCUT2D eigenvalue weighted by Crippen LogP contribution is 2.23. The van der Waals surface area contributed by atoms with Gasteiger partial charge < -0.3 is 10.2 Å². The molecule has 0 unspecified atom stereocenters. The lowest BCUT2D eigenvalue weighted by Gasteiger charge is -2.31. The Morgan fingerprint density at radius 1 is 0.971 bits per heavy atom. The first-order chi connectivity index (χ1) is 16.9. The van der Waals surface area contributed by atoms with E-state index in [1.165, 1.54) is 62.9 Å². The molecule has 3 nitrogen and oxygen atoms in total. The second-order valence-corrected chi connectivity index (χ2v) is 10.7. The van der Waals surface area contributed by atoms with Crippen LogP contribution in [-0.2, 0) is 0 Å². The average Bonchev–Trinajstić information content (AvgIpc) is 2.84. The van der Waals surface area contributed by atoms with Crippen molar-refractivity contribution in [2.24, 2.45) is 5.92 Å². The molecule has 2 rings (SSSR count). The molecule has 1 saturated heterocycles. The van der Waals surface area contributed by atoms with Crippen molar-refractivity contribution in [3.63, 3.8) is 0 Å². The largest absolute Gasteiger partial charge is 0.349 e. The van der Waals surface area contributed by atoms with E-state index in [1.807, 2.05) is 18.2 Å². The SMILES string of the molecule is CCN1CCC(CCCC(C)=CCCC(C)=CCCC(C)=CCNC(=O)c2ccccc2S)CC1. The fraction of sp³-hybridized carbons (Fsp3) is 0.581. The number of nitrogens with zero attached hydrogens (tertiary/aromatic N) is 1. The van der Waals surface area contributed by atoms with E-state index >= 15 is 0 Å². The van der Waals surface area contributed by atoms with Gasteiger partial charge in [-0.2, -0.15) is 0 Å². The third-order valence-electron chi connectivity index (χ3n) is 7.26. The predicted molar refractivity (Wildman–Crippen MR) is 154 cm³/mol. The van der Waals surface area contributed by atoms with Crippen LogP contribution < -0.4 is 5.32 Å². The molecule has 1 amide bonds. The van der Waals surface area contributed by atoms with Crippen LogP contribution in [0.15, 0.2) is 64.1 Å². The van der Waals surface area contributed by atoms with Gasteiger partial charge in [0.25, 0.3) is 5.91 Å². The molecule has 1 aromatic rings. The Morgan fingerprint density at radius 2 is 1.57 bits per heavy atom. The Morgan fingerprint density at radius 3 is 2.20 bits per heavy atom. The second-order valence-electron chi connectivity index (χ2n) is 10.2. The van der Waals surface area contributed by atoms with E-state index in [4.69, 9.17) is 0 Å². The molecule has 0 spiro atoms. The standard InChI is InChI=1S/C31H48N2OS/c1-5-33-23-20-28(21-24-33)16-10-15-26(3)12-8-11-25(2)13-9-14-27(4)19-22-32-31(34)29-17-6-7-18-30(29)35/h6-7,12-13,17-19,28,35H,5,8-11,14-16,20-24H2,1-4H3,(H,32,34). The Labute approximate surface area is 220 Å². The van der Waals surface area contributed by atoms with Gasteiger partial charge in [-0.3, -0.25) is 4.79 Å². The average molecular weight is 497 g/mol. The molecule has 4 heteroatoms. The highest BCUT2D eigenvalue weighted by atomic mass is 32.1. The van der Waals surface area contributed by atoms with Crippen molar-refractivity contribution in [1.29, 1.82) is 0 Å². The number of carbonyl (C=O) groups excluding carboxylic acids is 1. The Kier molecular flexibility index (Phi) is 14.1. The molecule has 35 heavy (non-hydrogen) atoms. The van der Waals surface area contributed by atoms with Gasteiger partial charge in [0.15, 0.2) is 0 Å². The van der Waals surface area contributed by atoms with E-state index in [2.05, 4.69) is 68.8 Å². The highest BCUT2D eigenvalue weighted by molar-refractivity contribution is 7.80. The number of hydrogen-bond acceptors (Lipinski definition) is 3. The van der Waals surface area contributed by atoms with E-state index in [1.54, 1.807) is 11.6 Å². The summed E-state index contributed by atoms with van der Waals surface area (Å²) in [5.74, 6) is 0.880. The van der Waals surface area contributed by atoms with E-state index in [0.717, 1.165) is 31.6 Å². The summed E-state index contributed by atoms with van der Waals surface area (Å²) < 4.78 is 0. The summed E-state index contributed by atoms with van der Waals surface area (Å²) in [5, 5.41) is 2.96. The molecule has 0 saturated carbocycles. The highest BCUT2D eigenvalue weighted by Gasteiger charge is 2.17. The molecule has 0 aliphatic carbocycles. The zero-order valence-corrected chi connectivity index (χ0v) is 23.5. The molecule has 1 heterocycles. The number of likely N-dealkylation sites (tertiary alicyclic amines) is 1. The summed E-state index contributed by atoms with van der Waals surface area (Å²) in [6.45, 7) is 13.3. The van der Waals surface area contributed by atoms with Gasteiger partial charge >= 0.3 is 0 Å². The first kappa shape index (κ1) is 29.5. The third kappa shape index (κ3) is 12.1. The number of hydrogen-bond donors (Lipinski definition) is 2. The van der Waals surface area contributed by atoms with Gasteiger partial charge in [0.2, 0.25) is 0 Å². The number of amides is 1. The Bertz CT molecular complexity index is 862. The number of rotatable bonds is 14. The number of benzene rings is 1. The minimum atomic E-state index is -0.0731. The number of thiol groups is 1. The van der Waals surface area contributed by atoms with Crippen LogP contribution in [0.1, 0.15) is 95.8 Å². The molecule has 0 aromatic heterocycles.